The van der Waals surface area contributed by atoms with E-state index in [0.29, 0.717) is 16.5 Å². The standard InChI is InChI=1S/C20H17ClF2N4O4/c1-11-5-15(3-4-17(11)21)31-16-8-13(7-14(9-16)27(29)30)24-19(28)10-26-18(20(22)23)6-12(2)25-26/h3-9,20H,10H2,1-2H3,(H,24,28). The first-order valence-electron chi connectivity index (χ1n) is 8.98. The molecule has 2 aromatic carbocycles. The van der Waals surface area contributed by atoms with Gasteiger partial charge in [-0.1, -0.05) is 11.6 Å². The van der Waals surface area contributed by atoms with Crippen LogP contribution in [0.2, 0.25) is 5.02 Å². The maximum absolute atomic E-state index is 13.1. The molecule has 0 aliphatic carbocycles. The van der Waals surface area contributed by atoms with Gasteiger partial charge >= 0.3 is 0 Å². The zero-order chi connectivity index (χ0) is 22.7. The smallest absolute Gasteiger partial charge is 0.280 e. The van der Waals surface area contributed by atoms with Gasteiger partial charge in [-0.3, -0.25) is 19.6 Å². The van der Waals surface area contributed by atoms with Crippen molar-refractivity contribution < 1.29 is 23.2 Å². The van der Waals surface area contributed by atoms with Crippen LogP contribution in [0.1, 0.15) is 23.4 Å². The Morgan fingerprint density at radius 1 is 1.23 bits per heavy atom. The Morgan fingerprint density at radius 3 is 2.61 bits per heavy atom. The maximum Gasteiger partial charge on any atom is 0.280 e. The van der Waals surface area contributed by atoms with Gasteiger partial charge in [0.25, 0.3) is 12.1 Å². The number of non-ortho nitro benzene ring substituents is 1. The van der Waals surface area contributed by atoms with Gasteiger partial charge in [0.15, 0.2) is 0 Å². The molecule has 31 heavy (non-hydrogen) atoms. The van der Waals surface area contributed by atoms with Gasteiger partial charge in [-0.05, 0) is 43.7 Å². The molecule has 3 rings (SSSR count). The van der Waals surface area contributed by atoms with Gasteiger partial charge in [-0.25, -0.2) is 8.78 Å². The van der Waals surface area contributed by atoms with Crippen LogP contribution in [0.5, 0.6) is 11.5 Å². The number of nitrogens with zero attached hydrogens (tertiary/aromatic N) is 3. The SMILES string of the molecule is Cc1cc(C(F)F)n(CC(=O)Nc2cc(Oc3ccc(Cl)c(C)c3)cc([N+](=O)[O-])c2)n1. The number of nitro groups is 1. The summed E-state index contributed by atoms with van der Waals surface area (Å²) in [5, 5.41) is 18.2. The topological polar surface area (TPSA) is 99.3 Å². The number of amides is 1. The highest BCUT2D eigenvalue weighted by Gasteiger charge is 2.18. The van der Waals surface area contributed by atoms with Gasteiger partial charge < -0.3 is 10.1 Å². The average molecular weight is 451 g/mol. The second kappa shape index (κ2) is 9.09. The van der Waals surface area contributed by atoms with Crippen molar-refractivity contribution in [3.05, 3.63) is 74.6 Å². The molecular formula is C20H17ClF2N4O4. The summed E-state index contributed by atoms with van der Waals surface area (Å²) in [5.41, 5.74) is 0.452. The molecule has 0 fully saturated rings. The minimum Gasteiger partial charge on any atom is -0.457 e. The monoisotopic (exact) mass is 450 g/mol. The Bertz CT molecular complexity index is 1150. The van der Waals surface area contributed by atoms with Gasteiger partial charge in [0.1, 0.15) is 23.7 Å². The summed E-state index contributed by atoms with van der Waals surface area (Å²) in [7, 11) is 0. The zero-order valence-corrected chi connectivity index (χ0v) is 17.2. The number of hydrogen-bond acceptors (Lipinski definition) is 5. The average Bonchev–Trinajstić information content (AvgIpc) is 3.04. The Balaban J connectivity index is 1.82. The number of halogens is 3. The number of hydrogen-bond donors (Lipinski definition) is 1. The number of aromatic nitrogens is 2. The fraction of sp³-hybridized carbons (Fsp3) is 0.200. The molecule has 0 bridgehead atoms. The van der Waals surface area contributed by atoms with Crippen molar-refractivity contribution >= 4 is 28.9 Å². The van der Waals surface area contributed by atoms with E-state index < -0.39 is 29.5 Å². The molecule has 1 N–H and O–H groups in total. The Kier molecular flexibility index (Phi) is 6.50. The van der Waals surface area contributed by atoms with Crippen LogP contribution in [0, 0.1) is 24.0 Å². The molecule has 0 saturated heterocycles. The number of aryl methyl sites for hydroxylation is 2. The molecule has 1 heterocycles. The Morgan fingerprint density at radius 2 is 1.97 bits per heavy atom. The lowest BCUT2D eigenvalue weighted by atomic mass is 10.2. The van der Waals surface area contributed by atoms with Crippen LogP contribution < -0.4 is 10.1 Å². The quantitative estimate of drug-likeness (QED) is 0.382. The van der Waals surface area contributed by atoms with Gasteiger partial charge in [-0.2, -0.15) is 5.10 Å². The number of nitrogens with one attached hydrogen (secondary N) is 1. The Hall–Kier alpha value is -3.53. The van der Waals surface area contributed by atoms with Crippen molar-refractivity contribution in [2.24, 2.45) is 0 Å². The van der Waals surface area contributed by atoms with Crippen LogP contribution in [0.25, 0.3) is 0 Å². The minimum absolute atomic E-state index is 0.0716. The molecule has 11 heteroatoms. The number of carbonyl (C=O) groups excluding carboxylic acids is 1. The first-order valence-corrected chi connectivity index (χ1v) is 9.36. The van der Waals surface area contributed by atoms with Crippen LogP contribution in [0.15, 0.2) is 42.5 Å². The lowest BCUT2D eigenvalue weighted by molar-refractivity contribution is -0.384. The van der Waals surface area contributed by atoms with E-state index in [-0.39, 0.29) is 17.1 Å². The highest BCUT2D eigenvalue weighted by atomic mass is 35.5. The largest absolute Gasteiger partial charge is 0.457 e. The lowest BCUT2D eigenvalue weighted by Crippen LogP contribution is -2.21. The van der Waals surface area contributed by atoms with Crippen LogP contribution in [-0.2, 0) is 11.3 Å². The van der Waals surface area contributed by atoms with Gasteiger partial charge in [0.05, 0.1) is 22.4 Å². The number of nitro benzene ring substituents is 1. The van der Waals surface area contributed by atoms with E-state index in [2.05, 4.69) is 10.4 Å². The minimum atomic E-state index is -2.80. The third kappa shape index (κ3) is 5.54. The van der Waals surface area contributed by atoms with Crippen molar-refractivity contribution in [2.75, 3.05) is 5.32 Å². The molecule has 3 aromatic rings. The van der Waals surface area contributed by atoms with Crippen molar-refractivity contribution in [3.8, 4) is 11.5 Å². The van der Waals surface area contributed by atoms with Crippen LogP contribution in [0.3, 0.4) is 0 Å². The summed E-state index contributed by atoms with van der Waals surface area (Å²) < 4.78 is 32.7. The number of benzene rings is 2. The summed E-state index contributed by atoms with van der Waals surface area (Å²) in [6.07, 6.45) is -2.80. The van der Waals surface area contributed by atoms with Crippen molar-refractivity contribution in [2.45, 2.75) is 26.8 Å². The van der Waals surface area contributed by atoms with E-state index >= 15 is 0 Å². The summed E-state index contributed by atoms with van der Waals surface area (Å²) >= 11 is 5.99. The summed E-state index contributed by atoms with van der Waals surface area (Å²) in [6.45, 7) is 2.82. The number of alkyl halides is 2. The molecule has 1 aromatic heterocycles. The van der Waals surface area contributed by atoms with E-state index in [0.717, 1.165) is 16.3 Å². The first-order chi connectivity index (χ1) is 14.6. The predicted molar refractivity (Wildman–Crippen MR) is 110 cm³/mol. The fourth-order valence-electron chi connectivity index (χ4n) is 2.84. The van der Waals surface area contributed by atoms with Crippen molar-refractivity contribution in [1.29, 1.82) is 0 Å². The van der Waals surface area contributed by atoms with E-state index in [1.165, 1.54) is 25.1 Å². The maximum atomic E-state index is 13.1. The fourth-order valence-corrected chi connectivity index (χ4v) is 2.96. The third-order valence-corrected chi connectivity index (χ3v) is 4.63. The van der Waals surface area contributed by atoms with Crippen LogP contribution in [0.4, 0.5) is 20.2 Å². The van der Waals surface area contributed by atoms with Crippen molar-refractivity contribution in [3.63, 3.8) is 0 Å². The predicted octanol–water partition coefficient (Wildman–Crippen LogP) is 5.43. The van der Waals surface area contributed by atoms with Crippen molar-refractivity contribution in [1.82, 2.24) is 9.78 Å². The molecule has 1 amide bonds. The number of ether oxygens (including phenoxy) is 1. The van der Waals surface area contributed by atoms with Crippen LogP contribution in [-0.4, -0.2) is 20.6 Å². The second-order valence-electron chi connectivity index (χ2n) is 6.70. The molecule has 0 unspecified atom stereocenters. The highest BCUT2D eigenvalue weighted by Crippen LogP contribution is 2.31. The number of anilines is 1. The number of rotatable bonds is 7. The number of carbonyl (C=O) groups is 1. The first kappa shape index (κ1) is 22.2. The van der Waals surface area contributed by atoms with E-state index in [1.807, 2.05) is 0 Å². The summed E-state index contributed by atoms with van der Waals surface area (Å²) in [5.74, 6) is -0.179. The zero-order valence-electron chi connectivity index (χ0n) is 16.4. The Labute approximate surface area is 180 Å². The molecule has 0 radical (unpaired) electrons. The van der Waals surface area contributed by atoms with E-state index in [4.69, 9.17) is 16.3 Å². The summed E-state index contributed by atoms with van der Waals surface area (Å²) in [6, 6.07) is 9.79. The van der Waals surface area contributed by atoms with Gasteiger partial charge in [0, 0.05) is 17.2 Å². The highest BCUT2D eigenvalue weighted by molar-refractivity contribution is 6.31. The second-order valence-corrected chi connectivity index (χ2v) is 7.11. The lowest BCUT2D eigenvalue weighted by Gasteiger charge is -2.11. The van der Waals surface area contributed by atoms with E-state index in [9.17, 15) is 23.7 Å². The van der Waals surface area contributed by atoms with E-state index in [1.54, 1.807) is 25.1 Å². The normalized spacial score (nSPS) is 10.9. The summed E-state index contributed by atoms with van der Waals surface area (Å²) in [4.78, 5) is 23.0. The third-order valence-electron chi connectivity index (χ3n) is 4.20. The molecule has 0 aliphatic heterocycles. The molecule has 0 spiro atoms. The van der Waals surface area contributed by atoms with Gasteiger partial charge in [-0.15, -0.1) is 0 Å². The van der Waals surface area contributed by atoms with Crippen LogP contribution >= 0.6 is 11.6 Å². The molecule has 0 saturated carbocycles. The molecular weight excluding hydrogens is 434 g/mol. The molecule has 8 nitrogen and oxygen atoms in total. The molecule has 162 valence electrons. The molecule has 0 atom stereocenters. The molecule has 0 aliphatic rings. The van der Waals surface area contributed by atoms with Gasteiger partial charge in [0.2, 0.25) is 5.91 Å².